The Balaban J connectivity index is 0.730. The van der Waals surface area contributed by atoms with E-state index < -0.39 is 33.3 Å². The van der Waals surface area contributed by atoms with Crippen molar-refractivity contribution in [3.63, 3.8) is 0 Å². The third-order valence-electron chi connectivity index (χ3n) is 14.4. The van der Waals surface area contributed by atoms with Gasteiger partial charge in [0, 0.05) is 75.1 Å². The van der Waals surface area contributed by atoms with Crippen molar-refractivity contribution < 1.29 is 19.2 Å². The Morgan fingerprint density at radius 1 is 0.346 bits per heavy atom. The monoisotopic (exact) mass is 1120 g/mol. The number of hydrogen-bond donors (Lipinski definition) is 0. The molecule has 8 aromatic carbocycles. The minimum atomic E-state index is -0.564. The number of Topliss-reactive ketones (excluding diaryl/α,β-unsaturated/α-hetero) is 4. The van der Waals surface area contributed by atoms with Gasteiger partial charge in [-0.1, -0.05) is 60.7 Å². The van der Waals surface area contributed by atoms with Crippen molar-refractivity contribution in [3.05, 3.63) is 204 Å². The summed E-state index contributed by atoms with van der Waals surface area (Å²) in [6.45, 7) is 0. The Labute approximate surface area is 456 Å². The molecule has 14 nitrogen and oxygen atoms in total. The lowest BCUT2D eigenvalue weighted by atomic mass is 9.99. The van der Waals surface area contributed by atoms with Gasteiger partial charge < -0.3 is 0 Å². The van der Waals surface area contributed by atoms with Crippen molar-refractivity contribution in [3.8, 4) is 11.1 Å². The number of rotatable bonds is 5. The fourth-order valence-corrected chi connectivity index (χ4v) is 16.5. The summed E-state index contributed by atoms with van der Waals surface area (Å²) in [5.74, 6) is -1.52. The van der Waals surface area contributed by atoms with Crippen LogP contribution in [0.15, 0.2) is 150 Å². The Kier molecular flexibility index (Phi) is 9.42. The maximum atomic E-state index is 14.2. The predicted octanol–water partition coefficient (Wildman–Crippen LogP) is 11.1. The summed E-state index contributed by atoms with van der Waals surface area (Å²) < 4.78 is 21.6. The minimum absolute atomic E-state index is 0.00624. The Morgan fingerprint density at radius 2 is 0.731 bits per heavy atom. The van der Waals surface area contributed by atoms with E-state index in [2.05, 4.69) is 27.5 Å². The van der Waals surface area contributed by atoms with Crippen LogP contribution in [0.25, 0.3) is 107 Å². The van der Waals surface area contributed by atoms with Crippen molar-refractivity contribution >= 4 is 198 Å². The topological polar surface area (TPSA) is 213 Å². The van der Waals surface area contributed by atoms with Crippen LogP contribution in [0.5, 0.6) is 0 Å². The normalized spacial score (nSPS) is 14.5. The average Bonchev–Trinajstić information content (AvgIpc) is 4.49. The molecular weight excluding hydrogens is 1100 g/mol. The van der Waals surface area contributed by atoms with E-state index >= 15 is 0 Å². The zero-order valence-corrected chi connectivity index (χ0v) is 43.8. The lowest BCUT2D eigenvalue weighted by molar-refractivity contribution is 0.0975. The van der Waals surface area contributed by atoms with E-state index in [9.17, 15) is 38.4 Å². The molecular formula is C58H20N6O8S6. The first-order valence-corrected chi connectivity index (χ1v) is 28.4. The number of carbonyl (C=O) groups is 4. The smallest absolute Gasteiger partial charge is 0.216 e. The highest BCUT2D eigenvalue weighted by Crippen LogP contribution is 2.48. The van der Waals surface area contributed by atoms with Crippen LogP contribution in [0.2, 0.25) is 0 Å². The standard InChI is InChI=1S/C58H20N6O8S6/c65-47-25-5-1-2-6-26(25)48(66)37(47)17-23-15-33-41-42(62-77-61-41)34-16-24(74-56(34)55(33)73-23)18-38-49(67)29-11-9-21(13-31(29)50(38)68)22-10-12-30-32(14-22)54(72)46(53(30)71)60-40-20-36-44-43(63-78-64-44)35-19-39(75-57(35)58(36)76-40)59-45-51(69)27-7-3-4-8-28(27)52(45)70/h1-20H/b38-18+,60-46+. The van der Waals surface area contributed by atoms with E-state index in [1.54, 1.807) is 109 Å². The van der Waals surface area contributed by atoms with Gasteiger partial charge in [-0.25, -0.2) is 9.98 Å². The Morgan fingerprint density at radius 3 is 1.23 bits per heavy atom. The van der Waals surface area contributed by atoms with Crippen LogP contribution in [0.4, 0.5) is 10.0 Å². The number of carbonyl (C=O) groups excluding carboxylic acids is 4. The molecule has 2 aliphatic rings. The number of thiophene rings is 4. The van der Waals surface area contributed by atoms with Crippen molar-refractivity contribution in [2.75, 3.05) is 0 Å². The van der Waals surface area contributed by atoms with Gasteiger partial charge in [0.25, 0.3) is 0 Å². The van der Waals surface area contributed by atoms with Gasteiger partial charge in [-0.2, -0.15) is 17.5 Å². The maximum absolute atomic E-state index is 14.2. The molecule has 0 atom stereocenters. The second kappa shape index (κ2) is 16.3. The number of benzene rings is 6. The quantitative estimate of drug-likeness (QED) is 0.116. The molecule has 78 heavy (non-hydrogen) atoms. The highest BCUT2D eigenvalue weighted by Gasteiger charge is 2.35. The second-order valence-corrected chi connectivity index (χ2v) is 23.9. The molecule has 0 N–H and O–H groups in total. The Bertz CT molecular complexity index is 5580. The number of fused-ring (bicyclic) bond motifs is 16. The highest BCUT2D eigenvalue weighted by molar-refractivity contribution is 7.31. The van der Waals surface area contributed by atoms with Gasteiger partial charge in [-0.05, 0) is 71.8 Å². The number of hydrogen-bond acceptors (Lipinski definition) is 20. The van der Waals surface area contributed by atoms with Crippen LogP contribution in [-0.4, -0.2) is 40.6 Å². The highest BCUT2D eigenvalue weighted by atomic mass is 32.1. The molecule has 6 heterocycles. The summed E-state index contributed by atoms with van der Waals surface area (Å²) >= 11 is 7.45. The van der Waals surface area contributed by atoms with Gasteiger partial charge in [0.1, 0.15) is 32.1 Å². The van der Waals surface area contributed by atoms with E-state index in [-0.39, 0.29) is 55.3 Å². The van der Waals surface area contributed by atoms with Crippen molar-refractivity contribution in [2.45, 2.75) is 0 Å². The predicted molar refractivity (Wildman–Crippen MR) is 310 cm³/mol. The molecule has 0 spiro atoms. The van der Waals surface area contributed by atoms with Gasteiger partial charge in [-0.3, -0.25) is 38.4 Å². The third kappa shape index (κ3) is 6.31. The molecule has 0 aliphatic heterocycles. The summed E-state index contributed by atoms with van der Waals surface area (Å²) in [6, 6.07) is 30.5. The summed E-state index contributed by atoms with van der Waals surface area (Å²) in [4.78, 5) is 120. The fraction of sp³-hybridized carbons (Fsp3) is 0. The molecule has 16 rings (SSSR count). The van der Waals surface area contributed by atoms with Crippen LogP contribution >= 0.6 is 68.8 Å². The summed E-state index contributed by atoms with van der Waals surface area (Å²) in [5.41, 5.74) is 2.98. The zero-order valence-electron chi connectivity index (χ0n) is 38.9. The van der Waals surface area contributed by atoms with Gasteiger partial charge in [0.05, 0.1) is 53.4 Å². The molecule has 0 bridgehead atoms. The fourth-order valence-electron chi connectivity index (χ4n) is 10.7. The molecule has 20 heteroatoms. The van der Waals surface area contributed by atoms with Gasteiger partial charge in [0.15, 0.2) is 33.8 Å². The van der Waals surface area contributed by atoms with Gasteiger partial charge >= 0.3 is 0 Å². The maximum Gasteiger partial charge on any atom is 0.216 e. The van der Waals surface area contributed by atoms with Crippen molar-refractivity contribution in [1.29, 1.82) is 0 Å². The van der Waals surface area contributed by atoms with E-state index in [1.807, 2.05) is 12.1 Å². The van der Waals surface area contributed by atoms with Crippen LogP contribution in [0, 0.1) is 0 Å². The lowest BCUT2D eigenvalue weighted by Gasteiger charge is -2.04. The third-order valence-corrected chi connectivity index (χ3v) is 20.0. The molecule has 14 aromatic rings. The molecule has 0 saturated carbocycles. The lowest BCUT2D eigenvalue weighted by Crippen LogP contribution is -2.31. The average molecular weight is 1120 g/mol. The first kappa shape index (κ1) is 45.2. The molecule has 0 saturated heterocycles. The summed E-state index contributed by atoms with van der Waals surface area (Å²) in [7, 11) is 0. The van der Waals surface area contributed by atoms with Gasteiger partial charge in [0.2, 0.25) is 21.7 Å². The first-order valence-electron chi connectivity index (χ1n) is 23.6. The largest absolute Gasteiger partial charge is 0.288 e. The molecule has 2 aliphatic carbocycles. The first-order chi connectivity index (χ1) is 37.9. The number of ketones is 4. The molecule has 0 amide bonds. The van der Waals surface area contributed by atoms with Crippen molar-refractivity contribution in [1.82, 2.24) is 17.5 Å². The van der Waals surface area contributed by atoms with Crippen LogP contribution in [0.3, 0.4) is 0 Å². The SMILES string of the molecule is O=C1C(=Cc2cc3c4nsnc4c4cc(/C=C5\C(=O)c6ccc(-c7ccc8c(=O)/c(=N\c9cc%10c%11nsnc%11c%11cc(N=c%12c(=O)c%13ccccc%13c%12=O)sc%11c%10s9)c(=O)c8c7)cc6C5=O)sc4c3s2)C(=O)c2ccccc21. The Hall–Kier alpha value is -9.02. The van der Waals surface area contributed by atoms with Crippen LogP contribution < -0.4 is 32.4 Å². The number of nitrogens with zero attached hydrogens (tertiary/aromatic N) is 6. The van der Waals surface area contributed by atoms with Crippen LogP contribution in [0.1, 0.15) is 51.2 Å². The molecule has 6 aromatic heterocycles. The molecule has 0 fully saturated rings. The molecule has 0 unspecified atom stereocenters. The zero-order chi connectivity index (χ0) is 52.6. The van der Waals surface area contributed by atoms with Crippen LogP contribution in [-0.2, 0) is 0 Å². The molecule has 0 radical (unpaired) electrons. The van der Waals surface area contributed by atoms with Crippen molar-refractivity contribution in [2.24, 2.45) is 9.98 Å². The summed E-state index contributed by atoms with van der Waals surface area (Å²) in [5, 5.41) is 4.42. The minimum Gasteiger partial charge on any atom is -0.288 e. The van der Waals surface area contributed by atoms with E-state index in [1.165, 1.54) is 45.3 Å². The molecule has 366 valence electrons. The van der Waals surface area contributed by atoms with E-state index in [4.69, 9.17) is 0 Å². The van der Waals surface area contributed by atoms with Gasteiger partial charge in [-0.15, -0.1) is 45.3 Å². The summed E-state index contributed by atoms with van der Waals surface area (Å²) in [6.07, 6.45) is 3.23. The number of aromatic nitrogens is 4. The van der Waals surface area contributed by atoms with E-state index in [0.29, 0.717) is 80.2 Å². The number of allylic oxidation sites excluding steroid dienone is 2. The second-order valence-electron chi connectivity index (χ2n) is 18.6. The van der Waals surface area contributed by atoms with E-state index in [0.717, 1.165) is 58.4 Å².